The van der Waals surface area contributed by atoms with Crippen LogP contribution in [0.25, 0.3) is 0 Å². The highest BCUT2D eigenvalue weighted by Gasteiger charge is 2.27. The summed E-state index contributed by atoms with van der Waals surface area (Å²) in [6.45, 7) is 1.30. The third-order valence-electron chi connectivity index (χ3n) is 3.39. The largest absolute Gasteiger partial charge is 0.453 e. The first-order valence-electron chi connectivity index (χ1n) is 6.50. The van der Waals surface area contributed by atoms with Gasteiger partial charge in [-0.05, 0) is 6.07 Å². The molecule has 8 nitrogen and oxygen atoms in total. The first-order valence-corrected chi connectivity index (χ1v) is 6.88. The maximum absolute atomic E-state index is 12.4. The van der Waals surface area contributed by atoms with Gasteiger partial charge in [0.15, 0.2) is 0 Å². The molecule has 2 amide bonds. The van der Waals surface area contributed by atoms with Gasteiger partial charge in [-0.1, -0.05) is 11.6 Å². The predicted molar refractivity (Wildman–Crippen MR) is 78.0 cm³/mol. The second kappa shape index (κ2) is 6.61. The number of amides is 2. The first-order chi connectivity index (χ1) is 10.4. The molecular formula is C13H14ClN3O5. The summed E-state index contributed by atoms with van der Waals surface area (Å²) in [5, 5.41) is 11.0. The van der Waals surface area contributed by atoms with Crippen molar-refractivity contribution >= 4 is 29.3 Å². The van der Waals surface area contributed by atoms with E-state index in [-0.39, 0.29) is 16.3 Å². The summed E-state index contributed by atoms with van der Waals surface area (Å²) in [5.74, 6) is -0.391. The van der Waals surface area contributed by atoms with Crippen LogP contribution in [0.15, 0.2) is 18.2 Å². The molecule has 9 heteroatoms. The van der Waals surface area contributed by atoms with Gasteiger partial charge < -0.3 is 14.5 Å². The van der Waals surface area contributed by atoms with Crippen molar-refractivity contribution < 1.29 is 19.2 Å². The van der Waals surface area contributed by atoms with Crippen molar-refractivity contribution in [1.82, 2.24) is 9.80 Å². The third-order valence-corrected chi connectivity index (χ3v) is 3.72. The van der Waals surface area contributed by atoms with Crippen LogP contribution >= 0.6 is 11.6 Å². The van der Waals surface area contributed by atoms with Crippen LogP contribution in [-0.2, 0) is 4.74 Å². The predicted octanol–water partition coefficient (Wildman–Crippen LogP) is 1.77. The first kappa shape index (κ1) is 16.0. The normalized spacial score (nSPS) is 14.6. The Morgan fingerprint density at radius 3 is 2.36 bits per heavy atom. The number of nitro benzene ring substituents is 1. The molecule has 0 aromatic heterocycles. The smallest absolute Gasteiger partial charge is 0.409 e. The molecule has 1 aromatic carbocycles. The molecule has 0 spiro atoms. The molecule has 0 saturated carbocycles. The van der Waals surface area contributed by atoms with Crippen molar-refractivity contribution in [3.8, 4) is 0 Å². The quantitative estimate of drug-likeness (QED) is 0.609. The number of piperazine rings is 1. The number of hydrogen-bond donors (Lipinski definition) is 0. The number of non-ortho nitro benzene ring substituents is 1. The number of nitro groups is 1. The summed E-state index contributed by atoms with van der Waals surface area (Å²) in [6.07, 6.45) is -0.444. The van der Waals surface area contributed by atoms with Gasteiger partial charge in [-0.3, -0.25) is 14.9 Å². The van der Waals surface area contributed by atoms with E-state index in [0.29, 0.717) is 26.2 Å². The highest BCUT2D eigenvalue weighted by Crippen LogP contribution is 2.24. The summed E-state index contributed by atoms with van der Waals surface area (Å²) in [7, 11) is 1.29. The van der Waals surface area contributed by atoms with Crippen molar-refractivity contribution in [3.05, 3.63) is 38.9 Å². The van der Waals surface area contributed by atoms with Gasteiger partial charge in [0.05, 0.1) is 22.6 Å². The van der Waals surface area contributed by atoms with E-state index < -0.39 is 16.9 Å². The van der Waals surface area contributed by atoms with Crippen LogP contribution in [0, 0.1) is 10.1 Å². The molecule has 0 radical (unpaired) electrons. The van der Waals surface area contributed by atoms with Crippen LogP contribution in [-0.4, -0.2) is 60.0 Å². The number of hydrogen-bond acceptors (Lipinski definition) is 5. The van der Waals surface area contributed by atoms with Crippen molar-refractivity contribution in [1.29, 1.82) is 0 Å². The lowest BCUT2D eigenvalue weighted by molar-refractivity contribution is -0.384. The summed E-state index contributed by atoms with van der Waals surface area (Å²) < 4.78 is 4.62. The SMILES string of the molecule is COC(=O)N1CCN(C(=O)c2cc([N+](=O)[O-])ccc2Cl)CC1. The fourth-order valence-corrected chi connectivity index (χ4v) is 2.38. The monoisotopic (exact) mass is 327 g/mol. The average Bonchev–Trinajstić information content (AvgIpc) is 2.53. The highest BCUT2D eigenvalue weighted by molar-refractivity contribution is 6.33. The van der Waals surface area contributed by atoms with Gasteiger partial charge in [0.2, 0.25) is 0 Å². The molecular weight excluding hydrogens is 314 g/mol. The number of methoxy groups -OCH3 is 1. The third kappa shape index (κ3) is 3.28. The summed E-state index contributed by atoms with van der Waals surface area (Å²) >= 11 is 5.96. The molecule has 118 valence electrons. The Balaban J connectivity index is 2.11. The van der Waals surface area contributed by atoms with Gasteiger partial charge in [0.25, 0.3) is 11.6 Å². The van der Waals surface area contributed by atoms with E-state index in [9.17, 15) is 19.7 Å². The Morgan fingerprint density at radius 2 is 1.82 bits per heavy atom. The minimum atomic E-state index is -0.581. The van der Waals surface area contributed by atoms with Crippen LogP contribution in [0.2, 0.25) is 5.02 Å². The Hall–Kier alpha value is -2.35. The Bertz CT molecular complexity index is 614. The molecule has 1 heterocycles. The second-order valence-corrected chi connectivity index (χ2v) is 5.08. The van der Waals surface area contributed by atoms with Gasteiger partial charge in [-0.25, -0.2) is 4.79 Å². The number of rotatable bonds is 2. The van der Waals surface area contributed by atoms with Crippen LogP contribution in [0.4, 0.5) is 10.5 Å². The molecule has 1 aliphatic rings. The lowest BCUT2D eigenvalue weighted by Crippen LogP contribution is -2.50. The zero-order chi connectivity index (χ0) is 16.3. The van der Waals surface area contributed by atoms with Gasteiger partial charge in [-0.2, -0.15) is 0 Å². The Morgan fingerprint density at radius 1 is 1.23 bits per heavy atom. The topological polar surface area (TPSA) is 93.0 Å². The Kier molecular flexibility index (Phi) is 4.81. The maximum atomic E-state index is 12.4. The van der Waals surface area contributed by atoms with Crippen molar-refractivity contribution in [2.45, 2.75) is 0 Å². The van der Waals surface area contributed by atoms with E-state index in [1.165, 1.54) is 29.0 Å². The van der Waals surface area contributed by atoms with E-state index in [4.69, 9.17) is 11.6 Å². The lowest BCUT2D eigenvalue weighted by atomic mass is 10.1. The van der Waals surface area contributed by atoms with Crippen molar-refractivity contribution in [2.24, 2.45) is 0 Å². The summed E-state index contributed by atoms with van der Waals surface area (Å²) in [6, 6.07) is 3.74. The molecule has 1 fully saturated rings. The molecule has 0 atom stereocenters. The lowest BCUT2D eigenvalue weighted by Gasteiger charge is -2.33. The van der Waals surface area contributed by atoms with E-state index >= 15 is 0 Å². The Labute approximate surface area is 131 Å². The van der Waals surface area contributed by atoms with Crippen molar-refractivity contribution in [2.75, 3.05) is 33.3 Å². The molecule has 1 aromatic rings. The van der Waals surface area contributed by atoms with Crippen LogP contribution < -0.4 is 0 Å². The summed E-state index contributed by atoms with van der Waals surface area (Å²) in [5.41, 5.74) is -0.108. The average molecular weight is 328 g/mol. The number of halogens is 1. The van der Waals surface area contributed by atoms with Gasteiger partial charge in [0.1, 0.15) is 0 Å². The van der Waals surface area contributed by atoms with Crippen LogP contribution in [0.5, 0.6) is 0 Å². The number of ether oxygens (including phenoxy) is 1. The van der Waals surface area contributed by atoms with Gasteiger partial charge in [0, 0.05) is 38.3 Å². The molecule has 2 rings (SSSR count). The molecule has 0 aliphatic carbocycles. The molecule has 0 unspecified atom stereocenters. The zero-order valence-electron chi connectivity index (χ0n) is 11.8. The second-order valence-electron chi connectivity index (χ2n) is 4.67. The van der Waals surface area contributed by atoms with Crippen molar-refractivity contribution in [3.63, 3.8) is 0 Å². The maximum Gasteiger partial charge on any atom is 0.409 e. The fraction of sp³-hybridized carbons (Fsp3) is 0.385. The van der Waals surface area contributed by atoms with Gasteiger partial charge >= 0.3 is 6.09 Å². The number of carbonyl (C=O) groups excluding carboxylic acids is 2. The molecule has 0 bridgehead atoms. The number of carbonyl (C=O) groups is 2. The molecule has 1 aliphatic heterocycles. The number of nitrogens with zero attached hydrogens (tertiary/aromatic N) is 3. The standard InChI is InChI=1S/C13H14ClN3O5/c1-22-13(19)16-6-4-15(5-7-16)12(18)10-8-9(17(20)21)2-3-11(10)14/h2-3,8H,4-7H2,1H3. The zero-order valence-corrected chi connectivity index (χ0v) is 12.6. The summed E-state index contributed by atoms with van der Waals surface area (Å²) in [4.78, 5) is 37.0. The van der Waals surface area contributed by atoms with Crippen LogP contribution in [0.1, 0.15) is 10.4 Å². The minimum Gasteiger partial charge on any atom is -0.453 e. The van der Waals surface area contributed by atoms with Crippen LogP contribution in [0.3, 0.4) is 0 Å². The molecule has 22 heavy (non-hydrogen) atoms. The van der Waals surface area contributed by atoms with E-state index in [1.807, 2.05) is 0 Å². The highest BCUT2D eigenvalue weighted by atomic mass is 35.5. The number of benzene rings is 1. The minimum absolute atomic E-state index is 0.0855. The molecule has 1 saturated heterocycles. The van der Waals surface area contributed by atoms with E-state index in [1.54, 1.807) is 0 Å². The molecule has 0 N–H and O–H groups in total. The van der Waals surface area contributed by atoms with Gasteiger partial charge in [-0.15, -0.1) is 0 Å². The van der Waals surface area contributed by atoms with E-state index in [0.717, 1.165) is 6.07 Å². The van der Waals surface area contributed by atoms with E-state index in [2.05, 4.69) is 4.74 Å². The fourth-order valence-electron chi connectivity index (χ4n) is 2.18.